The SMILES string of the molecule is [C-]#[N+]CC1(n2cc(-c3ncnc4[nH]ncc34)cn2)CN(N2CCN(C(=O)c3ccnc(C)c3F)CC2)C1. The number of amides is 1. The molecule has 4 aromatic heterocycles. The van der Waals surface area contributed by atoms with Gasteiger partial charge in [0.1, 0.15) is 6.33 Å². The number of pyridine rings is 1. The Balaban J connectivity index is 1.13. The Morgan fingerprint density at radius 3 is 2.76 bits per heavy atom. The van der Waals surface area contributed by atoms with Crippen LogP contribution in [0.3, 0.4) is 0 Å². The van der Waals surface area contributed by atoms with Crippen LogP contribution in [-0.2, 0) is 5.54 Å². The Bertz CT molecular complexity index is 1510. The predicted molar refractivity (Wildman–Crippen MR) is 130 cm³/mol. The fourth-order valence-corrected chi connectivity index (χ4v) is 5.06. The minimum Gasteiger partial charge on any atom is -0.336 e. The molecule has 4 aromatic rings. The second kappa shape index (κ2) is 8.99. The molecule has 0 bridgehead atoms. The summed E-state index contributed by atoms with van der Waals surface area (Å²) >= 11 is 0. The normalized spacial score (nSPS) is 18.0. The van der Waals surface area contributed by atoms with E-state index in [0.717, 1.165) is 16.6 Å². The Labute approximate surface area is 211 Å². The van der Waals surface area contributed by atoms with E-state index in [2.05, 4.69) is 45.1 Å². The number of aromatic amines is 1. The Kier molecular flexibility index (Phi) is 5.62. The first kappa shape index (κ1) is 23.1. The van der Waals surface area contributed by atoms with Crippen LogP contribution in [0, 0.1) is 19.3 Å². The molecule has 2 aliphatic rings. The summed E-state index contributed by atoms with van der Waals surface area (Å²) in [6.45, 7) is 12.9. The molecule has 0 spiro atoms. The van der Waals surface area contributed by atoms with Crippen molar-refractivity contribution in [2.45, 2.75) is 12.5 Å². The van der Waals surface area contributed by atoms with Gasteiger partial charge in [0.05, 0.1) is 34.7 Å². The summed E-state index contributed by atoms with van der Waals surface area (Å²) in [7, 11) is 0. The van der Waals surface area contributed by atoms with Gasteiger partial charge in [0, 0.05) is 57.2 Å². The van der Waals surface area contributed by atoms with E-state index < -0.39 is 11.4 Å². The molecule has 188 valence electrons. The minimum atomic E-state index is -0.560. The number of rotatable bonds is 5. The van der Waals surface area contributed by atoms with E-state index >= 15 is 0 Å². The summed E-state index contributed by atoms with van der Waals surface area (Å²) in [6, 6.07) is 1.43. The minimum absolute atomic E-state index is 0.0619. The van der Waals surface area contributed by atoms with Crippen LogP contribution in [0.1, 0.15) is 16.1 Å². The van der Waals surface area contributed by atoms with Crippen LogP contribution in [0.15, 0.2) is 37.2 Å². The Morgan fingerprint density at radius 1 is 1.16 bits per heavy atom. The molecule has 1 N–H and O–H groups in total. The quantitative estimate of drug-likeness (QED) is 0.408. The highest BCUT2D eigenvalue weighted by Gasteiger charge is 2.51. The lowest BCUT2D eigenvalue weighted by molar-refractivity contribution is -0.152. The van der Waals surface area contributed by atoms with Gasteiger partial charge in [-0.2, -0.15) is 10.2 Å². The van der Waals surface area contributed by atoms with Crippen molar-refractivity contribution in [3.05, 3.63) is 65.7 Å². The fraction of sp³-hybridized carbons (Fsp3) is 0.375. The number of carbonyl (C=O) groups excluding carboxylic acids is 1. The summed E-state index contributed by atoms with van der Waals surface area (Å²) in [5.74, 6) is -0.871. The largest absolute Gasteiger partial charge is 0.336 e. The molecule has 1 amide bonds. The smallest absolute Gasteiger partial charge is 0.257 e. The Hall–Kier alpha value is -4.28. The van der Waals surface area contributed by atoms with E-state index in [-0.39, 0.29) is 17.2 Å². The highest BCUT2D eigenvalue weighted by molar-refractivity contribution is 5.94. The number of nitrogens with one attached hydrogen (secondary N) is 1. The monoisotopic (exact) mass is 501 g/mol. The van der Waals surface area contributed by atoms with E-state index in [1.54, 1.807) is 24.2 Å². The van der Waals surface area contributed by atoms with Gasteiger partial charge < -0.3 is 9.74 Å². The molecule has 0 aromatic carbocycles. The summed E-state index contributed by atoms with van der Waals surface area (Å²) in [4.78, 5) is 30.7. The number of H-pyrrole nitrogens is 1. The van der Waals surface area contributed by atoms with E-state index in [4.69, 9.17) is 6.57 Å². The molecule has 0 saturated carbocycles. The number of hydrazine groups is 1. The maximum Gasteiger partial charge on any atom is 0.257 e. The van der Waals surface area contributed by atoms with Gasteiger partial charge in [0.15, 0.2) is 17.0 Å². The Morgan fingerprint density at radius 2 is 1.97 bits per heavy atom. The number of fused-ring (bicyclic) bond motifs is 1. The summed E-state index contributed by atoms with van der Waals surface area (Å²) in [5, 5.41) is 16.7. The molecule has 0 radical (unpaired) electrons. The lowest BCUT2D eigenvalue weighted by atomic mass is 9.91. The average Bonchev–Trinajstić information content (AvgIpc) is 3.58. The van der Waals surface area contributed by atoms with Gasteiger partial charge in [-0.15, -0.1) is 0 Å². The maximum atomic E-state index is 14.4. The number of aromatic nitrogens is 7. The molecule has 0 aliphatic carbocycles. The number of piperazine rings is 1. The fourth-order valence-electron chi connectivity index (χ4n) is 5.06. The van der Waals surface area contributed by atoms with Gasteiger partial charge >= 0.3 is 0 Å². The molecule has 0 atom stereocenters. The van der Waals surface area contributed by atoms with Gasteiger partial charge in [-0.05, 0) is 13.0 Å². The van der Waals surface area contributed by atoms with Crippen LogP contribution in [-0.4, -0.2) is 102 Å². The summed E-state index contributed by atoms with van der Waals surface area (Å²) in [5.41, 5.74) is 2.06. The van der Waals surface area contributed by atoms with Gasteiger partial charge in [-0.25, -0.2) is 30.9 Å². The second-order valence-electron chi connectivity index (χ2n) is 9.40. The second-order valence-corrected chi connectivity index (χ2v) is 9.40. The third-order valence-corrected chi connectivity index (χ3v) is 7.15. The van der Waals surface area contributed by atoms with Crippen LogP contribution in [0.5, 0.6) is 0 Å². The van der Waals surface area contributed by atoms with Crippen molar-refractivity contribution in [3.8, 4) is 11.3 Å². The molecule has 37 heavy (non-hydrogen) atoms. The molecule has 6 rings (SSSR count). The predicted octanol–water partition coefficient (Wildman–Crippen LogP) is 1.36. The van der Waals surface area contributed by atoms with Gasteiger partial charge in [-0.3, -0.25) is 19.6 Å². The molecule has 13 heteroatoms. The molecule has 6 heterocycles. The van der Waals surface area contributed by atoms with Crippen molar-refractivity contribution >= 4 is 16.9 Å². The number of hydrogen-bond acceptors (Lipinski definition) is 8. The highest BCUT2D eigenvalue weighted by atomic mass is 19.1. The number of aryl methyl sites for hydroxylation is 1. The highest BCUT2D eigenvalue weighted by Crippen LogP contribution is 2.33. The van der Waals surface area contributed by atoms with Crippen LogP contribution < -0.4 is 0 Å². The zero-order chi connectivity index (χ0) is 25.6. The van der Waals surface area contributed by atoms with E-state index in [9.17, 15) is 9.18 Å². The molecular weight excluding hydrogens is 477 g/mol. The number of carbonyl (C=O) groups is 1. The molecule has 2 fully saturated rings. The van der Waals surface area contributed by atoms with Gasteiger partial charge in [-0.1, -0.05) is 0 Å². The molecular formula is C24H24FN11O. The topological polar surface area (TPSA) is 116 Å². The number of halogens is 1. The molecule has 0 unspecified atom stereocenters. The number of nitrogens with zero attached hydrogens (tertiary/aromatic N) is 10. The maximum absolute atomic E-state index is 14.4. The first-order valence-corrected chi connectivity index (χ1v) is 11.9. The van der Waals surface area contributed by atoms with E-state index in [1.165, 1.54) is 18.6 Å². The summed E-state index contributed by atoms with van der Waals surface area (Å²) < 4.78 is 16.3. The van der Waals surface area contributed by atoms with Crippen molar-refractivity contribution in [1.82, 2.24) is 49.8 Å². The van der Waals surface area contributed by atoms with Crippen molar-refractivity contribution in [2.24, 2.45) is 0 Å². The average molecular weight is 502 g/mol. The lowest BCUT2D eigenvalue weighted by Crippen LogP contribution is -2.70. The lowest BCUT2D eigenvalue weighted by Gasteiger charge is -2.53. The van der Waals surface area contributed by atoms with E-state index in [1.807, 2.05) is 10.9 Å². The zero-order valence-electron chi connectivity index (χ0n) is 20.2. The standard InChI is InChI=1S/C24H24FN11O/c1-16-20(25)18(3-4-27-16)23(37)33-5-7-34(8-6-33)35-13-24(14-35,12-26-2)36-11-17(9-31-36)21-19-10-30-32-22(19)29-15-28-21/h3-4,9-11,15H,5-8,12-14H2,1H3,(H,28,29,30,32). The van der Waals surface area contributed by atoms with Crippen molar-refractivity contribution in [2.75, 3.05) is 45.8 Å². The third kappa shape index (κ3) is 3.90. The zero-order valence-corrected chi connectivity index (χ0v) is 20.2. The van der Waals surface area contributed by atoms with Crippen molar-refractivity contribution in [1.29, 1.82) is 0 Å². The summed E-state index contributed by atoms with van der Waals surface area (Å²) in [6.07, 6.45) is 8.33. The van der Waals surface area contributed by atoms with E-state index in [0.29, 0.717) is 51.5 Å². The third-order valence-electron chi connectivity index (χ3n) is 7.15. The van der Waals surface area contributed by atoms with Gasteiger partial charge in [0.25, 0.3) is 5.91 Å². The molecule has 2 aliphatic heterocycles. The van der Waals surface area contributed by atoms with Crippen molar-refractivity contribution < 1.29 is 9.18 Å². The van der Waals surface area contributed by atoms with Crippen LogP contribution >= 0.6 is 0 Å². The number of hydrogen-bond donors (Lipinski definition) is 1. The van der Waals surface area contributed by atoms with Crippen LogP contribution in [0.4, 0.5) is 4.39 Å². The first-order valence-electron chi connectivity index (χ1n) is 11.9. The molecule has 12 nitrogen and oxygen atoms in total. The van der Waals surface area contributed by atoms with Crippen LogP contribution in [0.2, 0.25) is 0 Å². The van der Waals surface area contributed by atoms with Gasteiger partial charge in [0.2, 0.25) is 6.54 Å². The van der Waals surface area contributed by atoms with Crippen LogP contribution in [0.25, 0.3) is 27.1 Å². The molecule has 2 saturated heterocycles. The van der Waals surface area contributed by atoms with Crippen molar-refractivity contribution in [3.63, 3.8) is 0 Å². The first-order chi connectivity index (χ1) is 18.0.